The third-order valence-electron chi connectivity index (χ3n) is 3.56. The lowest BCUT2D eigenvalue weighted by Crippen LogP contribution is -2.19. The van der Waals surface area contributed by atoms with Crippen molar-refractivity contribution in [3.05, 3.63) is 53.6 Å². The molecule has 0 aromatic heterocycles. The lowest BCUT2D eigenvalue weighted by Gasteiger charge is -2.21. The predicted molar refractivity (Wildman–Crippen MR) is 89.0 cm³/mol. The van der Waals surface area contributed by atoms with Gasteiger partial charge in [0.15, 0.2) is 11.5 Å². The monoisotopic (exact) mass is 343 g/mol. The highest BCUT2D eigenvalue weighted by Gasteiger charge is 2.19. The number of hydrogen-bond acceptors (Lipinski definition) is 5. The Labute approximate surface area is 144 Å². The van der Waals surface area contributed by atoms with Crippen molar-refractivity contribution < 1.29 is 28.9 Å². The molecule has 0 radical (unpaired) electrons. The number of carboxylic acid groups (broad SMARTS) is 1. The maximum Gasteiger partial charge on any atom is 0.411 e. The first-order chi connectivity index (χ1) is 12.1. The molecule has 1 amide bonds. The second-order valence-corrected chi connectivity index (χ2v) is 5.41. The number of nitrogens with one attached hydrogen (secondary N) is 1. The highest BCUT2D eigenvalue weighted by atomic mass is 16.6. The molecule has 130 valence electrons. The molecule has 3 rings (SSSR count). The fourth-order valence-corrected chi connectivity index (χ4v) is 2.43. The molecular formula is C18H17NO6. The molecule has 1 aliphatic heterocycles. The number of anilines is 1. The molecule has 2 aromatic carbocycles. The fourth-order valence-electron chi connectivity index (χ4n) is 2.43. The van der Waals surface area contributed by atoms with Crippen LogP contribution in [0.1, 0.15) is 11.1 Å². The molecule has 0 fully saturated rings. The molecule has 25 heavy (non-hydrogen) atoms. The number of fused-ring (bicyclic) bond motifs is 1. The molecule has 1 aliphatic rings. The molecule has 1 heterocycles. The molecule has 0 unspecified atom stereocenters. The Bertz CT molecular complexity index is 775. The van der Waals surface area contributed by atoms with Gasteiger partial charge in [-0.15, -0.1) is 0 Å². The zero-order valence-corrected chi connectivity index (χ0v) is 13.4. The second kappa shape index (κ2) is 7.57. The molecule has 0 atom stereocenters. The molecule has 2 aromatic rings. The standard InChI is InChI=1S/C18H17NO6/c20-17(21)9-13-8-15-16(24-7-6-23-15)10-14(13)19-18(22)25-11-12-4-2-1-3-5-12/h1-5,8,10H,6-7,9,11H2,(H,19,22)(H,20,21). The number of carbonyl (C=O) groups excluding carboxylic acids is 1. The summed E-state index contributed by atoms with van der Waals surface area (Å²) >= 11 is 0. The van der Waals surface area contributed by atoms with E-state index >= 15 is 0 Å². The Morgan fingerprint density at radius 2 is 1.76 bits per heavy atom. The maximum atomic E-state index is 12.0. The summed E-state index contributed by atoms with van der Waals surface area (Å²) in [6.07, 6.45) is -0.933. The van der Waals surface area contributed by atoms with E-state index < -0.39 is 12.1 Å². The predicted octanol–water partition coefficient (Wildman–Crippen LogP) is 2.83. The molecule has 2 N–H and O–H groups in total. The highest BCUT2D eigenvalue weighted by molar-refractivity contribution is 5.88. The number of carboxylic acids is 1. The van der Waals surface area contributed by atoms with Crippen molar-refractivity contribution in [3.8, 4) is 11.5 Å². The minimum atomic E-state index is -1.02. The number of benzene rings is 2. The third-order valence-corrected chi connectivity index (χ3v) is 3.56. The van der Waals surface area contributed by atoms with Gasteiger partial charge in [-0.05, 0) is 17.2 Å². The second-order valence-electron chi connectivity index (χ2n) is 5.41. The van der Waals surface area contributed by atoms with Crippen LogP contribution in [-0.4, -0.2) is 30.4 Å². The van der Waals surface area contributed by atoms with Crippen molar-refractivity contribution in [1.82, 2.24) is 0 Å². The molecule has 0 aliphatic carbocycles. The summed E-state index contributed by atoms with van der Waals surface area (Å²) in [7, 11) is 0. The van der Waals surface area contributed by atoms with E-state index in [2.05, 4.69) is 5.32 Å². The van der Waals surface area contributed by atoms with E-state index in [0.29, 0.717) is 36.0 Å². The van der Waals surface area contributed by atoms with Gasteiger partial charge >= 0.3 is 12.1 Å². The fraction of sp³-hybridized carbons (Fsp3) is 0.222. The number of rotatable bonds is 5. The van der Waals surface area contributed by atoms with Crippen molar-refractivity contribution in [3.63, 3.8) is 0 Å². The average molecular weight is 343 g/mol. The van der Waals surface area contributed by atoms with E-state index in [0.717, 1.165) is 5.56 Å². The van der Waals surface area contributed by atoms with E-state index in [1.165, 1.54) is 0 Å². The average Bonchev–Trinajstić information content (AvgIpc) is 2.61. The normalized spacial score (nSPS) is 12.3. The summed E-state index contributed by atoms with van der Waals surface area (Å²) < 4.78 is 16.1. The van der Waals surface area contributed by atoms with Crippen molar-refractivity contribution in [2.75, 3.05) is 18.5 Å². The van der Waals surface area contributed by atoms with Crippen LogP contribution in [0.15, 0.2) is 42.5 Å². The van der Waals surface area contributed by atoms with Gasteiger partial charge in [0.1, 0.15) is 19.8 Å². The number of carbonyl (C=O) groups is 2. The minimum absolute atomic E-state index is 0.117. The van der Waals surface area contributed by atoms with Crippen LogP contribution in [0.5, 0.6) is 11.5 Å². The summed E-state index contributed by atoms with van der Waals surface area (Å²) in [6.45, 7) is 0.903. The third kappa shape index (κ3) is 4.41. The lowest BCUT2D eigenvalue weighted by molar-refractivity contribution is -0.136. The van der Waals surface area contributed by atoms with Gasteiger partial charge in [-0.1, -0.05) is 30.3 Å². The van der Waals surface area contributed by atoms with Gasteiger partial charge in [-0.3, -0.25) is 10.1 Å². The van der Waals surface area contributed by atoms with Crippen LogP contribution >= 0.6 is 0 Å². The van der Waals surface area contributed by atoms with E-state index in [1.807, 2.05) is 30.3 Å². The summed E-state index contributed by atoms with van der Waals surface area (Å²) in [6, 6.07) is 12.4. The maximum absolute atomic E-state index is 12.0. The first kappa shape index (κ1) is 16.6. The minimum Gasteiger partial charge on any atom is -0.486 e. The smallest absolute Gasteiger partial charge is 0.411 e. The van der Waals surface area contributed by atoms with Gasteiger partial charge in [0.05, 0.1) is 12.1 Å². The Morgan fingerprint density at radius 1 is 1.08 bits per heavy atom. The quantitative estimate of drug-likeness (QED) is 0.867. The van der Waals surface area contributed by atoms with Gasteiger partial charge in [0, 0.05) is 6.07 Å². The molecule has 0 bridgehead atoms. The summed E-state index contributed by atoms with van der Waals surface area (Å²) in [5, 5.41) is 11.6. The number of ether oxygens (including phenoxy) is 3. The van der Waals surface area contributed by atoms with E-state index in [-0.39, 0.29) is 13.0 Å². The van der Waals surface area contributed by atoms with Crippen molar-refractivity contribution >= 4 is 17.7 Å². The van der Waals surface area contributed by atoms with Crippen LogP contribution in [0.4, 0.5) is 10.5 Å². The summed E-state index contributed by atoms with van der Waals surface area (Å²) in [5.41, 5.74) is 1.59. The Hall–Kier alpha value is -3.22. The molecule has 7 nitrogen and oxygen atoms in total. The first-order valence-corrected chi connectivity index (χ1v) is 7.74. The number of aliphatic carboxylic acids is 1. The Kier molecular flexibility index (Phi) is 5.03. The molecule has 0 saturated heterocycles. The van der Waals surface area contributed by atoms with Gasteiger partial charge in [-0.2, -0.15) is 0 Å². The number of hydrogen-bond donors (Lipinski definition) is 2. The largest absolute Gasteiger partial charge is 0.486 e. The number of amides is 1. The van der Waals surface area contributed by atoms with Crippen LogP contribution in [0.2, 0.25) is 0 Å². The van der Waals surface area contributed by atoms with Crippen LogP contribution in [-0.2, 0) is 22.6 Å². The molecule has 0 saturated carbocycles. The molecular weight excluding hydrogens is 326 g/mol. The Balaban J connectivity index is 1.73. The van der Waals surface area contributed by atoms with Gasteiger partial charge in [0.25, 0.3) is 0 Å². The van der Waals surface area contributed by atoms with E-state index in [9.17, 15) is 9.59 Å². The lowest BCUT2D eigenvalue weighted by atomic mass is 10.1. The SMILES string of the molecule is O=C(O)Cc1cc2c(cc1NC(=O)OCc1ccccc1)OCCO2. The van der Waals surface area contributed by atoms with Gasteiger partial charge in [0.2, 0.25) is 0 Å². The highest BCUT2D eigenvalue weighted by Crippen LogP contribution is 2.36. The van der Waals surface area contributed by atoms with Crippen molar-refractivity contribution in [1.29, 1.82) is 0 Å². The first-order valence-electron chi connectivity index (χ1n) is 7.74. The topological polar surface area (TPSA) is 94.1 Å². The van der Waals surface area contributed by atoms with Gasteiger partial charge in [-0.25, -0.2) is 4.79 Å². The zero-order valence-electron chi connectivity index (χ0n) is 13.4. The summed E-state index contributed by atoms with van der Waals surface area (Å²) in [5.74, 6) is -0.0955. The van der Waals surface area contributed by atoms with E-state index in [4.69, 9.17) is 19.3 Å². The van der Waals surface area contributed by atoms with Crippen LogP contribution < -0.4 is 14.8 Å². The zero-order chi connectivity index (χ0) is 17.6. The van der Waals surface area contributed by atoms with Crippen LogP contribution in [0.25, 0.3) is 0 Å². The molecule has 7 heteroatoms. The van der Waals surface area contributed by atoms with Gasteiger partial charge < -0.3 is 19.3 Å². The van der Waals surface area contributed by atoms with Crippen molar-refractivity contribution in [2.24, 2.45) is 0 Å². The molecule has 0 spiro atoms. The van der Waals surface area contributed by atoms with E-state index in [1.54, 1.807) is 12.1 Å². The Morgan fingerprint density at radius 3 is 2.44 bits per heavy atom. The van der Waals surface area contributed by atoms with Crippen molar-refractivity contribution in [2.45, 2.75) is 13.0 Å². The summed E-state index contributed by atoms with van der Waals surface area (Å²) in [4.78, 5) is 23.1. The van der Waals surface area contributed by atoms with Crippen LogP contribution in [0.3, 0.4) is 0 Å². The van der Waals surface area contributed by atoms with Crippen LogP contribution in [0, 0.1) is 0 Å².